The fourth-order valence-corrected chi connectivity index (χ4v) is 8.33. The van der Waals surface area contributed by atoms with Crippen molar-refractivity contribution in [1.29, 1.82) is 0 Å². The van der Waals surface area contributed by atoms with Gasteiger partial charge in [0.25, 0.3) is 0 Å². The Morgan fingerprint density at radius 3 is 2.57 bits per heavy atom. The van der Waals surface area contributed by atoms with Gasteiger partial charge in [-0.2, -0.15) is 0 Å². The van der Waals surface area contributed by atoms with E-state index in [0.717, 1.165) is 65.0 Å². The van der Waals surface area contributed by atoms with Crippen molar-refractivity contribution in [3.05, 3.63) is 41.2 Å². The minimum atomic E-state index is -1.22. The van der Waals surface area contributed by atoms with Crippen LogP contribution in [0.2, 0.25) is 5.02 Å². The van der Waals surface area contributed by atoms with Crippen molar-refractivity contribution in [3.8, 4) is 0 Å². The maximum absolute atomic E-state index is 14.3. The van der Waals surface area contributed by atoms with Gasteiger partial charge in [-0.3, -0.25) is 14.4 Å². The highest BCUT2D eigenvalue weighted by Crippen LogP contribution is 2.55. The second-order valence-corrected chi connectivity index (χ2v) is 13.8. The summed E-state index contributed by atoms with van der Waals surface area (Å²) >= 11 is 5.95. The number of likely N-dealkylation sites (N-methyl/N-ethyl adjacent to an activating group) is 1. The number of rotatable bonds is 9. The summed E-state index contributed by atoms with van der Waals surface area (Å²) in [7, 11) is 0. The first-order chi connectivity index (χ1) is 21.1. The van der Waals surface area contributed by atoms with Crippen LogP contribution in [0.15, 0.2) is 30.4 Å². The first-order valence-electron chi connectivity index (χ1n) is 16.3. The van der Waals surface area contributed by atoms with Gasteiger partial charge in [0.2, 0.25) is 17.7 Å². The molecule has 4 aliphatic heterocycles. The van der Waals surface area contributed by atoms with Gasteiger partial charge < -0.3 is 30.1 Å². The lowest BCUT2D eigenvalue weighted by molar-refractivity contribution is -0.141. The van der Waals surface area contributed by atoms with Gasteiger partial charge >= 0.3 is 0 Å². The third-order valence-electron chi connectivity index (χ3n) is 10.9. The maximum atomic E-state index is 14.3. The van der Waals surface area contributed by atoms with Crippen LogP contribution in [0.3, 0.4) is 0 Å². The number of hydrogen-bond acceptors (Lipinski definition) is 6. The molecule has 3 saturated heterocycles. The van der Waals surface area contributed by atoms with Crippen LogP contribution >= 0.6 is 11.6 Å². The zero-order valence-corrected chi connectivity index (χ0v) is 26.7. The molecule has 1 aliphatic carbocycles. The molecule has 4 heterocycles. The predicted molar refractivity (Wildman–Crippen MR) is 167 cm³/mol. The molecule has 8 atom stereocenters. The average molecular weight is 630 g/mol. The number of piperazine rings is 1. The van der Waals surface area contributed by atoms with Crippen molar-refractivity contribution >= 4 is 35.0 Å². The van der Waals surface area contributed by atoms with Gasteiger partial charge in [0.1, 0.15) is 17.5 Å². The molecule has 240 valence electrons. The lowest BCUT2D eigenvalue weighted by Gasteiger charge is -2.38. The van der Waals surface area contributed by atoms with Crippen LogP contribution in [0.4, 0.5) is 10.1 Å². The quantitative estimate of drug-likeness (QED) is 0.406. The zero-order valence-electron chi connectivity index (χ0n) is 25.9. The molecule has 2 N–H and O–H groups in total. The highest BCUT2D eigenvalue weighted by atomic mass is 35.5. The second kappa shape index (κ2) is 12.7. The van der Waals surface area contributed by atoms with E-state index in [1.165, 1.54) is 18.2 Å². The normalized spacial score (nSPS) is 35.2. The van der Waals surface area contributed by atoms with Crippen molar-refractivity contribution in [3.63, 3.8) is 0 Å². The van der Waals surface area contributed by atoms with E-state index < -0.39 is 41.3 Å². The van der Waals surface area contributed by atoms with Gasteiger partial charge in [-0.1, -0.05) is 57.4 Å². The lowest BCUT2D eigenvalue weighted by Crippen LogP contribution is -2.58. The van der Waals surface area contributed by atoms with E-state index in [9.17, 15) is 18.8 Å². The molecule has 0 radical (unpaired) electrons. The van der Waals surface area contributed by atoms with Crippen LogP contribution in [0.5, 0.6) is 0 Å². The molecule has 1 aromatic rings. The van der Waals surface area contributed by atoms with Crippen molar-refractivity contribution in [2.24, 2.45) is 23.7 Å². The second-order valence-electron chi connectivity index (χ2n) is 13.4. The number of amides is 3. The molecule has 5 aliphatic rings. The summed E-state index contributed by atoms with van der Waals surface area (Å²) in [5.41, 5.74) is -0.882. The Morgan fingerprint density at radius 2 is 1.84 bits per heavy atom. The minimum absolute atomic E-state index is 0.0263. The Morgan fingerprint density at radius 1 is 1.09 bits per heavy atom. The molecule has 11 heteroatoms. The Bertz CT molecular complexity index is 1300. The molecule has 4 fully saturated rings. The van der Waals surface area contributed by atoms with Crippen molar-refractivity contribution < 1.29 is 23.5 Å². The molecule has 44 heavy (non-hydrogen) atoms. The molecular weight excluding hydrogens is 585 g/mol. The van der Waals surface area contributed by atoms with Gasteiger partial charge in [0.05, 0.1) is 23.0 Å². The van der Waals surface area contributed by atoms with Crippen LogP contribution < -0.4 is 10.6 Å². The number of carbonyl (C=O) groups excluding carboxylic acids is 3. The summed E-state index contributed by atoms with van der Waals surface area (Å²) in [6.07, 6.45) is 6.84. The number of nitrogens with one attached hydrogen (secondary N) is 2. The number of fused-ring (bicyclic) bond motifs is 1. The molecule has 3 amide bonds. The van der Waals surface area contributed by atoms with Crippen LogP contribution in [-0.2, 0) is 19.1 Å². The number of halogens is 2. The fraction of sp³-hybridized carbons (Fsp3) is 0.667. The Kier molecular flexibility index (Phi) is 9.08. The largest absolute Gasteiger partial charge is 0.359 e. The minimum Gasteiger partial charge on any atom is -0.359 e. The van der Waals surface area contributed by atoms with E-state index in [2.05, 4.69) is 41.2 Å². The van der Waals surface area contributed by atoms with E-state index in [1.54, 1.807) is 4.90 Å². The van der Waals surface area contributed by atoms with E-state index in [-0.39, 0.29) is 22.9 Å². The number of ether oxygens (including phenoxy) is 1. The number of carbonyl (C=O) groups is 3. The predicted octanol–water partition coefficient (Wildman–Crippen LogP) is 3.54. The van der Waals surface area contributed by atoms with E-state index >= 15 is 0 Å². The summed E-state index contributed by atoms with van der Waals surface area (Å²) in [5, 5.41) is 6.02. The number of nitrogens with zero attached hydrogens (tertiary/aromatic N) is 3. The molecule has 1 saturated carbocycles. The number of benzene rings is 1. The molecule has 2 bridgehead atoms. The maximum Gasteiger partial charge on any atom is 0.246 e. The molecule has 1 spiro atoms. The third kappa shape index (κ3) is 5.67. The first kappa shape index (κ1) is 31.5. The topological polar surface area (TPSA) is 94.2 Å². The molecule has 1 aromatic carbocycles. The summed E-state index contributed by atoms with van der Waals surface area (Å²) in [6, 6.07) is 3.14. The monoisotopic (exact) mass is 629 g/mol. The van der Waals surface area contributed by atoms with Gasteiger partial charge in [0.15, 0.2) is 0 Å². The summed E-state index contributed by atoms with van der Waals surface area (Å²) in [4.78, 5) is 48.7. The first-order valence-corrected chi connectivity index (χ1v) is 16.7. The van der Waals surface area contributed by atoms with E-state index in [0.29, 0.717) is 24.1 Å². The van der Waals surface area contributed by atoms with Crippen LogP contribution in [0.25, 0.3) is 0 Å². The van der Waals surface area contributed by atoms with Gasteiger partial charge in [-0.05, 0) is 56.0 Å². The highest BCUT2D eigenvalue weighted by molar-refractivity contribution is 6.31. The Hall–Kier alpha value is -2.53. The molecule has 6 rings (SSSR count). The fourth-order valence-electron chi connectivity index (χ4n) is 8.15. The van der Waals surface area contributed by atoms with Crippen LogP contribution in [-0.4, -0.2) is 102 Å². The molecule has 9 nitrogen and oxygen atoms in total. The highest BCUT2D eigenvalue weighted by Gasteiger charge is 2.72. The van der Waals surface area contributed by atoms with Gasteiger partial charge in [0, 0.05) is 44.5 Å². The van der Waals surface area contributed by atoms with Crippen molar-refractivity contribution in [2.45, 2.75) is 70.2 Å². The number of hydrogen-bond donors (Lipinski definition) is 2. The molecule has 0 aromatic heterocycles. The summed E-state index contributed by atoms with van der Waals surface area (Å²) < 4.78 is 20.2. The summed E-state index contributed by atoms with van der Waals surface area (Å²) in [5.74, 6) is -2.26. The lowest BCUT2D eigenvalue weighted by atomic mass is 9.73. The SMILES string of the molecule is CCN1CCN(CCCN2C(=O)C3C(C(=O)Nc4ccc(F)c(Cl)c4)C4C=CC3(O4)C2C(=O)NC2CCCC(C)C2C)CC1. The number of likely N-dealkylation sites (tertiary alicyclic amines) is 1. The third-order valence-corrected chi connectivity index (χ3v) is 11.2. The van der Waals surface area contributed by atoms with Gasteiger partial charge in [-0.25, -0.2) is 4.39 Å². The van der Waals surface area contributed by atoms with E-state index in [1.807, 2.05) is 12.2 Å². The smallest absolute Gasteiger partial charge is 0.246 e. The van der Waals surface area contributed by atoms with Crippen molar-refractivity contribution in [1.82, 2.24) is 20.0 Å². The standard InChI is InChI=1S/C33H45ClFN5O4/c1-4-38-15-17-39(18-16-38)13-6-14-40-29(31(42)37-25-8-5-7-20(2)21(25)3)33-12-11-26(44-33)27(28(33)32(40)43)30(41)36-22-9-10-24(35)23(34)19-22/h9-12,19-21,25-29H,4-8,13-18H2,1-3H3,(H,36,41)(H,37,42). The zero-order chi connectivity index (χ0) is 31.2. The van der Waals surface area contributed by atoms with Gasteiger partial charge in [-0.15, -0.1) is 0 Å². The van der Waals surface area contributed by atoms with Crippen molar-refractivity contribution in [2.75, 3.05) is 51.1 Å². The average Bonchev–Trinajstić information content (AvgIpc) is 3.65. The molecule has 8 unspecified atom stereocenters. The summed E-state index contributed by atoms with van der Waals surface area (Å²) in [6.45, 7) is 12.9. The van der Waals surface area contributed by atoms with Crippen LogP contribution in [0.1, 0.15) is 46.5 Å². The molecular formula is C33H45ClFN5O4. The Balaban J connectivity index is 1.23. The number of anilines is 1. The van der Waals surface area contributed by atoms with E-state index in [4.69, 9.17) is 16.3 Å². The van der Waals surface area contributed by atoms with Crippen LogP contribution in [0, 0.1) is 29.5 Å². The Labute approximate surface area is 264 Å².